The Bertz CT molecular complexity index is 308. The minimum Gasteiger partial charge on any atom is -0.388 e. The van der Waals surface area contributed by atoms with Crippen LogP contribution in [0, 0.1) is 0 Å². The highest BCUT2D eigenvalue weighted by molar-refractivity contribution is 5.74. The van der Waals surface area contributed by atoms with Crippen molar-refractivity contribution in [1.82, 2.24) is 15.5 Å². The van der Waals surface area contributed by atoms with Crippen molar-refractivity contribution >= 4 is 6.03 Å². The predicted molar refractivity (Wildman–Crippen MR) is 81.7 cm³/mol. The van der Waals surface area contributed by atoms with Crippen LogP contribution in [0.2, 0.25) is 0 Å². The zero-order valence-corrected chi connectivity index (χ0v) is 12.8. The quantitative estimate of drug-likeness (QED) is 0.620. The van der Waals surface area contributed by atoms with E-state index in [1.165, 1.54) is 0 Å². The highest BCUT2D eigenvalue weighted by Crippen LogP contribution is 2.13. The summed E-state index contributed by atoms with van der Waals surface area (Å²) >= 11 is 0. The molecule has 0 aromatic carbocycles. The van der Waals surface area contributed by atoms with Crippen LogP contribution in [0.1, 0.15) is 39.5 Å². The second-order valence-electron chi connectivity index (χ2n) is 5.62. The highest BCUT2D eigenvalue weighted by Gasteiger charge is 2.24. The lowest BCUT2D eigenvalue weighted by molar-refractivity contribution is 0.0347. The predicted octanol–water partition coefficient (Wildman–Crippen LogP) is 1.49. The van der Waals surface area contributed by atoms with Gasteiger partial charge in [0.25, 0.3) is 0 Å². The van der Waals surface area contributed by atoms with E-state index in [1.807, 2.05) is 19.9 Å². The summed E-state index contributed by atoms with van der Waals surface area (Å²) in [5.74, 6) is 0. The molecule has 5 nitrogen and oxygen atoms in total. The van der Waals surface area contributed by atoms with E-state index < -0.39 is 5.60 Å². The molecule has 0 aromatic rings. The smallest absolute Gasteiger partial charge is 0.315 e. The van der Waals surface area contributed by atoms with Crippen molar-refractivity contribution in [3.05, 3.63) is 12.7 Å². The maximum Gasteiger partial charge on any atom is 0.315 e. The van der Waals surface area contributed by atoms with E-state index in [0.717, 1.165) is 32.5 Å². The van der Waals surface area contributed by atoms with Crippen molar-refractivity contribution in [3.8, 4) is 0 Å². The van der Waals surface area contributed by atoms with Crippen molar-refractivity contribution in [2.24, 2.45) is 0 Å². The number of carbonyl (C=O) groups is 1. The number of carbonyl (C=O) groups excluding carboxylic acids is 1. The first-order valence-electron chi connectivity index (χ1n) is 7.63. The average molecular weight is 283 g/mol. The van der Waals surface area contributed by atoms with Gasteiger partial charge in [-0.15, -0.1) is 6.58 Å². The van der Waals surface area contributed by atoms with Gasteiger partial charge in [0.05, 0.1) is 5.60 Å². The summed E-state index contributed by atoms with van der Waals surface area (Å²) in [5.41, 5.74) is -0.787. The molecule has 1 heterocycles. The largest absolute Gasteiger partial charge is 0.388 e. The molecular formula is C15H29N3O2. The van der Waals surface area contributed by atoms with Gasteiger partial charge in [0.2, 0.25) is 0 Å². The summed E-state index contributed by atoms with van der Waals surface area (Å²) < 4.78 is 0. The molecule has 0 unspecified atom stereocenters. The number of amides is 2. The van der Waals surface area contributed by atoms with E-state index in [1.54, 1.807) is 0 Å². The third kappa shape index (κ3) is 5.51. The third-order valence-corrected chi connectivity index (χ3v) is 4.20. The van der Waals surface area contributed by atoms with E-state index in [4.69, 9.17) is 0 Å². The molecule has 2 amide bonds. The van der Waals surface area contributed by atoms with Gasteiger partial charge in [-0.1, -0.05) is 19.9 Å². The molecule has 0 radical (unpaired) electrons. The molecule has 20 heavy (non-hydrogen) atoms. The lowest BCUT2D eigenvalue weighted by Gasteiger charge is -2.32. The van der Waals surface area contributed by atoms with E-state index in [2.05, 4.69) is 22.1 Å². The minimum absolute atomic E-state index is 0.174. The number of hydrogen-bond acceptors (Lipinski definition) is 3. The van der Waals surface area contributed by atoms with Gasteiger partial charge in [0, 0.05) is 32.2 Å². The lowest BCUT2D eigenvalue weighted by atomic mass is 9.98. The Morgan fingerprint density at radius 1 is 1.40 bits per heavy atom. The Labute approximate surface area is 122 Å². The lowest BCUT2D eigenvalue weighted by Crippen LogP contribution is -2.51. The fourth-order valence-corrected chi connectivity index (χ4v) is 2.42. The molecule has 5 heteroatoms. The summed E-state index contributed by atoms with van der Waals surface area (Å²) in [4.78, 5) is 14.2. The van der Waals surface area contributed by atoms with Crippen molar-refractivity contribution < 1.29 is 9.90 Å². The number of urea groups is 1. The maximum absolute atomic E-state index is 11.8. The van der Waals surface area contributed by atoms with Crippen molar-refractivity contribution in [3.63, 3.8) is 0 Å². The van der Waals surface area contributed by atoms with E-state index in [0.29, 0.717) is 19.4 Å². The van der Waals surface area contributed by atoms with Gasteiger partial charge in [-0.2, -0.15) is 0 Å². The summed E-state index contributed by atoms with van der Waals surface area (Å²) in [6, 6.07) is 0.0555. The molecule has 1 rings (SSSR count). The van der Waals surface area contributed by atoms with Crippen LogP contribution in [0.25, 0.3) is 0 Å². The molecule has 3 N–H and O–H groups in total. The first-order chi connectivity index (χ1) is 9.53. The Balaban J connectivity index is 2.25. The van der Waals surface area contributed by atoms with E-state index in [9.17, 15) is 9.90 Å². The van der Waals surface area contributed by atoms with Gasteiger partial charge in [0.15, 0.2) is 0 Å². The monoisotopic (exact) mass is 283 g/mol. The minimum atomic E-state index is -0.787. The second kappa shape index (κ2) is 8.27. The fourth-order valence-electron chi connectivity index (χ4n) is 2.42. The molecule has 0 bridgehead atoms. The standard InChI is InChI=1S/C15H29N3O2/c1-4-9-18-10-7-13(8-11-18)17-14(19)16-12-15(20,5-2)6-3/h4,13,20H,1,5-12H2,2-3H3,(H2,16,17,19). The molecule has 1 aliphatic rings. The summed E-state index contributed by atoms with van der Waals surface area (Å²) in [7, 11) is 0. The molecular weight excluding hydrogens is 254 g/mol. The van der Waals surface area contributed by atoms with Gasteiger partial charge < -0.3 is 15.7 Å². The maximum atomic E-state index is 11.8. The normalized spacial score (nSPS) is 17.8. The van der Waals surface area contributed by atoms with Gasteiger partial charge in [-0.25, -0.2) is 4.79 Å². The van der Waals surface area contributed by atoms with E-state index >= 15 is 0 Å². The summed E-state index contributed by atoms with van der Waals surface area (Å²) in [6.07, 6.45) is 5.13. The van der Waals surface area contributed by atoms with Gasteiger partial charge in [-0.05, 0) is 25.7 Å². The number of likely N-dealkylation sites (tertiary alicyclic amines) is 1. The number of nitrogens with one attached hydrogen (secondary N) is 2. The van der Waals surface area contributed by atoms with Crippen molar-refractivity contribution in [1.29, 1.82) is 0 Å². The van der Waals surface area contributed by atoms with Crippen LogP contribution >= 0.6 is 0 Å². The molecule has 0 aromatic heterocycles. The molecule has 1 saturated heterocycles. The molecule has 0 aliphatic carbocycles. The molecule has 1 fully saturated rings. The van der Waals surface area contributed by atoms with E-state index in [-0.39, 0.29) is 12.1 Å². The van der Waals surface area contributed by atoms with Crippen molar-refractivity contribution in [2.45, 2.75) is 51.2 Å². The molecule has 1 aliphatic heterocycles. The molecule has 0 atom stereocenters. The fraction of sp³-hybridized carbons (Fsp3) is 0.800. The van der Waals surface area contributed by atoms with Crippen LogP contribution < -0.4 is 10.6 Å². The van der Waals surface area contributed by atoms with Gasteiger partial charge in [0.1, 0.15) is 0 Å². The Hall–Kier alpha value is -1.07. The van der Waals surface area contributed by atoms with Crippen molar-refractivity contribution in [2.75, 3.05) is 26.2 Å². The van der Waals surface area contributed by atoms with Gasteiger partial charge in [-0.3, -0.25) is 4.90 Å². The molecule has 116 valence electrons. The SMILES string of the molecule is C=CCN1CCC(NC(=O)NCC(O)(CC)CC)CC1. The van der Waals surface area contributed by atoms with Crippen LogP contribution in [0.3, 0.4) is 0 Å². The molecule has 0 spiro atoms. The average Bonchev–Trinajstić information content (AvgIpc) is 2.47. The zero-order valence-electron chi connectivity index (χ0n) is 12.8. The van der Waals surface area contributed by atoms with Gasteiger partial charge >= 0.3 is 6.03 Å². The first kappa shape index (κ1) is 17.0. The Morgan fingerprint density at radius 3 is 2.50 bits per heavy atom. The number of rotatable bonds is 7. The Morgan fingerprint density at radius 2 is 2.00 bits per heavy atom. The van der Waals surface area contributed by atoms with Crippen LogP contribution in [-0.2, 0) is 0 Å². The number of hydrogen-bond donors (Lipinski definition) is 3. The van der Waals surface area contributed by atoms with Crippen LogP contribution in [0.4, 0.5) is 4.79 Å². The number of piperidine rings is 1. The molecule has 0 saturated carbocycles. The zero-order chi connectivity index (χ0) is 15.0. The summed E-state index contributed by atoms with van der Waals surface area (Å²) in [5, 5.41) is 15.9. The number of nitrogens with zero attached hydrogens (tertiary/aromatic N) is 1. The van der Waals surface area contributed by atoms with Crippen LogP contribution in [-0.4, -0.2) is 53.9 Å². The van der Waals surface area contributed by atoms with Crippen LogP contribution in [0.15, 0.2) is 12.7 Å². The Kier molecular flexibility index (Phi) is 7.02. The first-order valence-corrected chi connectivity index (χ1v) is 7.63. The highest BCUT2D eigenvalue weighted by atomic mass is 16.3. The topological polar surface area (TPSA) is 64.6 Å². The summed E-state index contributed by atoms with van der Waals surface area (Å²) in [6.45, 7) is 10.8. The second-order valence-corrected chi connectivity index (χ2v) is 5.62. The van der Waals surface area contributed by atoms with Crippen LogP contribution in [0.5, 0.6) is 0 Å². The third-order valence-electron chi connectivity index (χ3n) is 4.20. The number of aliphatic hydroxyl groups is 1.